The molecule has 1 aliphatic rings. The molecule has 1 heterocycles. The van der Waals surface area contributed by atoms with Crippen LogP contribution in [0.25, 0.3) is 0 Å². The molecule has 6 heteroatoms. The highest BCUT2D eigenvalue weighted by Crippen LogP contribution is 1.78. The van der Waals surface area contributed by atoms with E-state index < -0.39 is 0 Å². The minimum Gasteiger partial charge on any atom is -0.229 e. The largest absolute Gasteiger partial charge is 0.229 e. The fourth-order valence-corrected chi connectivity index (χ4v) is 0.251. The highest BCUT2D eigenvalue weighted by Gasteiger charge is 2.04. The number of hydrazine groups is 4. The number of nitrogens with one attached hydrogen (secondary N) is 1. The van der Waals surface area contributed by atoms with Gasteiger partial charge in [-0.1, -0.05) is 0 Å². The maximum atomic E-state index is 5.10. The number of rotatable bonds is 0. The molecule has 40 valence electrons. The van der Waals surface area contributed by atoms with Crippen LogP contribution >= 0.6 is 0 Å². The van der Waals surface area contributed by atoms with Crippen molar-refractivity contribution < 1.29 is 0 Å². The van der Waals surface area contributed by atoms with Crippen LogP contribution in [0, 0.1) is 0 Å². The summed E-state index contributed by atoms with van der Waals surface area (Å²) in [6.07, 6.45) is 1.35. The zero-order chi connectivity index (χ0) is 5.28. The first kappa shape index (κ1) is 4.31. The van der Waals surface area contributed by atoms with Crippen LogP contribution in [0.3, 0.4) is 0 Å². The number of hydrogen-bond donors (Lipinski definition) is 3. The fourth-order valence-electron chi connectivity index (χ4n) is 0.251. The summed E-state index contributed by atoms with van der Waals surface area (Å²) in [5, 5.41) is 5.63. The molecule has 0 aliphatic carbocycles. The van der Waals surface area contributed by atoms with Gasteiger partial charge in [-0.2, -0.15) is 5.12 Å². The molecule has 0 saturated carbocycles. The van der Waals surface area contributed by atoms with Gasteiger partial charge in [0.05, 0.1) is 0 Å². The topological polar surface area (TPSA) is 82.9 Å². The Morgan fingerprint density at radius 2 is 2.29 bits per heavy atom. The minimum absolute atomic E-state index is 1.04. The van der Waals surface area contributed by atoms with E-state index in [0.717, 1.165) is 10.3 Å². The standard InChI is InChI=1S/CH6N6/c2-6-1-4-5-7(6)3/h1,5H,2-3H2. The Bertz CT molecular complexity index is 86.2. The molecule has 7 heavy (non-hydrogen) atoms. The Balaban J connectivity index is 2.45. The third kappa shape index (κ3) is 0.610. The number of hydrazone groups is 1. The SMILES string of the molecule is NN1C=NNN1N. The lowest BCUT2D eigenvalue weighted by Crippen LogP contribution is -2.51. The summed E-state index contributed by atoms with van der Waals surface area (Å²) in [6, 6.07) is 0. The second-order valence-electron chi connectivity index (χ2n) is 1.07. The third-order valence-electron chi connectivity index (χ3n) is 0.585. The molecule has 0 aromatic carbocycles. The molecular weight excluding hydrogens is 96.1 g/mol. The average Bonchev–Trinajstić information content (AvgIpc) is 1.91. The Kier molecular flexibility index (Phi) is 0.823. The molecule has 0 spiro atoms. The van der Waals surface area contributed by atoms with E-state index in [-0.39, 0.29) is 0 Å². The van der Waals surface area contributed by atoms with Crippen LogP contribution in [0.4, 0.5) is 0 Å². The highest BCUT2D eigenvalue weighted by molar-refractivity contribution is 5.53. The van der Waals surface area contributed by atoms with E-state index >= 15 is 0 Å². The van der Waals surface area contributed by atoms with Gasteiger partial charge in [0, 0.05) is 0 Å². The Labute approximate surface area is 40.2 Å². The highest BCUT2D eigenvalue weighted by atomic mass is 16.0. The van der Waals surface area contributed by atoms with Crippen LogP contribution < -0.4 is 17.2 Å². The molecule has 5 N–H and O–H groups in total. The monoisotopic (exact) mass is 102 g/mol. The van der Waals surface area contributed by atoms with Gasteiger partial charge < -0.3 is 0 Å². The molecule has 1 rings (SSSR count). The molecule has 0 unspecified atom stereocenters. The summed E-state index contributed by atoms with van der Waals surface area (Å²) >= 11 is 0. The summed E-state index contributed by atoms with van der Waals surface area (Å²) in [6.45, 7) is 0. The van der Waals surface area contributed by atoms with E-state index in [1.54, 1.807) is 0 Å². The first-order valence-corrected chi connectivity index (χ1v) is 1.68. The van der Waals surface area contributed by atoms with Crippen LogP contribution in [0.2, 0.25) is 0 Å². The average molecular weight is 102 g/mol. The van der Waals surface area contributed by atoms with Gasteiger partial charge in [-0.3, -0.25) is 0 Å². The first-order valence-electron chi connectivity index (χ1n) is 1.68. The van der Waals surface area contributed by atoms with Crippen LogP contribution in [-0.4, -0.2) is 16.7 Å². The predicted octanol–water partition coefficient (Wildman–Crippen LogP) is -2.29. The number of nitrogens with two attached hydrogens (primary N) is 2. The summed E-state index contributed by atoms with van der Waals surface area (Å²) < 4.78 is 0. The zero-order valence-electron chi connectivity index (χ0n) is 3.57. The lowest BCUT2D eigenvalue weighted by atomic mass is 11.3. The van der Waals surface area contributed by atoms with Crippen molar-refractivity contribution in [2.24, 2.45) is 16.8 Å². The van der Waals surface area contributed by atoms with Gasteiger partial charge in [-0.25, -0.2) is 17.2 Å². The lowest BCUT2D eigenvalue weighted by molar-refractivity contribution is 0.0172. The Morgan fingerprint density at radius 3 is 2.43 bits per heavy atom. The quantitative estimate of drug-likeness (QED) is 0.300. The second-order valence-corrected chi connectivity index (χ2v) is 1.07. The van der Waals surface area contributed by atoms with Gasteiger partial charge in [0.2, 0.25) is 0 Å². The molecule has 0 amide bonds. The van der Waals surface area contributed by atoms with E-state index in [9.17, 15) is 0 Å². The van der Waals surface area contributed by atoms with Gasteiger partial charge in [0.1, 0.15) is 6.34 Å². The van der Waals surface area contributed by atoms with Crippen LogP contribution in [0.5, 0.6) is 0 Å². The molecule has 0 saturated heterocycles. The van der Waals surface area contributed by atoms with Crippen molar-refractivity contribution in [3.63, 3.8) is 0 Å². The number of nitrogens with zero attached hydrogens (tertiary/aromatic N) is 3. The Hall–Kier alpha value is -0.850. The third-order valence-corrected chi connectivity index (χ3v) is 0.585. The van der Waals surface area contributed by atoms with Gasteiger partial charge >= 0.3 is 0 Å². The summed E-state index contributed by atoms with van der Waals surface area (Å²) in [5.41, 5.74) is 2.35. The van der Waals surface area contributed by atoms with Crippen molar-refractivity contribution in [1.82, 2.24) is 15.9 Å². The lowest BCUT2D eigenvalue weighted by Gasteiger charge is -2.13. The van der Waals surface area contributed by atoms with Crippen molar-refractivity contribution in [1.29, 1.82) is 0 Å². The van der Waals surface area contributed by atoms with Crippen LogP contribution in [0.15, 0.2) is 5.10 Å². The maximum Gasteiger partial charge on any atom is 0.147 e. The van der Waals surface area contributed by atoms with E-state index in [2.05, 4.69) is 10.6 Å². The van der Waals surface area contributed by atoms with Crippen molar-refractivity contribution in [3.05, 3.63) is 0 Å². The normalized spacial score (nSPS) is 20.6. The van der Waals surface area contributed by atoms with E-state index in [0.29, 0.717) is 0 Å². The van der Waals surface area contributed by atoms with Crippen LogP contribution in [-0.2, 0) is 0 Å². The molecule has 1 aliphatic heterocycles. The maximum absolute atomic E-state index is 5.10. The minimum atomic E-state index is 1.04. The molecule has 0 fully saturated rings. The number of hydrogen-bond acceptors (Lipinski definition) is 6. The smallest absolute Gasteiger partial charge is 0.147 e. The zero-order valence-corrected chi connectivity index (χ0v) is 3.57. The molecule has 0 bridgehead atoms. The molecule has 0 atom stereocenters. The summed E-state index contributed by atoms with van der Waals surface area (Å²) in [4.78, 5) is 0. The first-order chi connectivity index (χ1) is 3.30. The van der Waals surface area contributed by atoms with Crippen LogP contribution in [0.1, 0.15) is 0 Å². The Morgan fingerprint density at radius 1 is 1.57 bits per heavy atom. The predicted molar refractivity (Wildman–Crippen MR) is 23.7 cm³/mol. The van der Waals surface area contributed by atoms with Crippen molar-refractivity contribution in [3.8, 4) is 0 Å². The second kappa shape index (κ2) is 1.34. The van der Waals surface area contributed by atoms with E-state index in [4.69, 9.17) is 11.7 Å². The van der Waals surface area contributed by atoms with Gasteiger partial charge in [-0.15, -0.1) is 5.10 Å². The van der Waals surface area contributed by atoms with Crippen molar-refractivity contribution in [2.45, 2.75) is 0 Å². The molecule has 6 nitrogen and oxygen atoms in total. The van der Waals surface area contributed by atoms with E-state index in [1.807, 2.05) is 0 Å². The van der Waals surface area contributed by atoms with Crippen molar-refractivity contribution >= 4 is 6.34 Å². The fraction of sp³-hybridized carbons (Fsp3) is 0. The summed E-state index contributed by atoms with van der Waals surface area (Å²) in [7, 11) is 0. The molecular formula is CH6N6. The summed E-state index contributed by atoms with van der Waals surface area (Å²) in [5.74, 6) is 10.2. The molecule has 0 radical (unpaired) electrons. The van der Waals surface area contributed by atoms with E-state index in [1.165, 1.54) is 6.34 Å². The van der Waals surface area contributed by atoms with Gasteiger partial charge in [0.15, 0.2) is 0 Å². The van der Waals surface area contributed by atoms with Gasteiger partial charge in [0.25, 0.3) is 0 Å². The molecule has 0 aromatic heterocycles. The van der Waals surface area contributed by atoms with Gasteiger partial charge in [-0.05, 0) is 5.23 Å². The molecule has 0 aromatic rings. The van der Waals surface area contributed by atoms with Crippen molar-refractivity contribution in [2.75, 3.05) is 0 Å².